The van der Waals surface area contributed by atoms with E-state index in [0.717, 1.165) is 16.9 Å². The average Bonchev–Trinajstić information content (AvgIpc) is 2.75. The number of rotatable bonds is 3. The summed E-state index contributed by atoms with van der Waals surface area (Å²) in [5, 5.41) is 9.38. The quantitative estimate of drug-likeness (QED) is 0.870. The zero-order chi connectivity index (χ0) is 13.1. The van der Waals surface area contributed by atoms with Gasteiger partial charge in [-0.3, -0.25) is 4.79 Å². The second-order valence-electron chi connectivity index (χ2n) is 4.72. The van der Waals surface area contributed by atoms with Gasteiger partial charge in [0.15, 0.2) is 6.61 Å². The van der Waals surface area contributed by atoms with Crippen LogP contribution < -0.4 is 4.74 Å². The number of β-amino-alcohol motifs (C(OH)–C–C–N with tert-alkyl or cyclic N) is 1. The third-order valence-corrected chi connectivity index (χ3v) is 3.17. The monoisotopic (exact) mass is 248 g/mol. The van der Waals surface area contributed by atoms with E-state index in [2.05, 4.69) is 6.07 Å². The Kier molecular flexibility index (Phi) is 3.87. The Morgan fingerprint density at radius 2 is 2.17 bits per heavy atom. The second kappa shape index (κ2) is 5.40. The standard InChI is InChI=1S/C14H18NO3/c1-10-4-3-5-11(2)14(10)18-9-13(17)15-7-6-12(16)8-15/h4-5,12,16H,6-9H2,1-2H3/t12-/m0/s1. The number of aliphatic hydroxyl groups is 1. The molecule has 1 aliphatic heterocycles. The number of aliphatic hydroxyl groups excluding tert-OH is 1. The predicted molar refractivity (Wildman–Crippen MR) is 67.5 cm³/mol. The Morgan fingerprint density at radius 1 is 1.50 bits per heavy atom. The van der Waals surface area contributed by atoms with Crippen LogP contribution in [0, 0.1) is 19.9 Å². The molecule has 1 aliphatic rings. The lowest BCUT2D eigenvalue weighted by Crippen LogP contribution is -2.33. The van der Waals surface area contributed by atoms with Crippen LogP contribution in [0.1, 0.15) is 17.5 Å². The number of likely N-dealkylation sites (tertiary alicyclic amines) is 1. The maximum atomic E-state index is 11.9. The summed E-state index contributed by atoms with van der Waals surface area (Å²) in [7, 11) is 0. The molecule has 1 amide bonds. The van der Waals surface area contributed by atoms with Gasteiger partial charge < -0.3 is 14.7 Å². The third-order valence-electron chi connectivity index (χ3n) is 3.17. The van der Waals surface area contributed by atoms with Crippen molar-refractivity contribution in [2.45, 2.75) is 26.4 Å². The van der Waals surface area contributed by atoms with Crippen molar-refractivity contribution in [3.8, 4) is 5.75 Å². The number of benzene rings is 1. The molecule has 0 spiro atoms. The molecule has 0 bridgehead atoms. The molecule has 4 nitrogen and oxygen atoms in total. The minimum absolute atomic E-state index is 0.0262. The van der Waals surface area contributed by atoms with Gasteiger partial charge in [-0.25, -0.2) is 0 Å². The second-order valence-corrected chi connectivity index (χ2v) is 4.72. The fourth-order valence-electron chi connectivity index (χ4n) is 2.15. The number of hydrogen-bond acceptors (Lipinski definition) is 3. The number of aryl methyl sites for hydroxylation is 2. The van der Waals surface area contributed by atoms with E-state index in [1.807, 2.05) is 26.0 Å². The first-order chi connectivity index (χ1) is 8.58. The fraction of sp³-hybridized carbons (Fsp3) is 0.500. The lowest BCUT2D eigenvalue weighted by molar-refractivity contribution is -0.132. The van der Waals surface area contributed by atoms with E-state index in [-0.39, 0.29) is 18.6 Å². The van der Waals surface area contributed by atoms with Gasteiger partial charge in [-0.1, -0.05) is 0 Å². The molecule has 4 heteroatoms. The van der Waals surface area contributed by atoms with E-state index in [1.54, 1.807) is 4.90 Å². The van der Waals surface area contributed by atoms with Gasteiger partial charge in [-0.15, -0.1) is 0 Å². The lowest BCUT2D eigenvalue weighted by Gasteiger charge is -2.17. The molecule has 1 aromatic rings. The van der Waals surface area contributed by atoms with Gasteiger partial charge in [0.05, 0.1) is 6.10 Å². The summed E-state index contributed by atoms with van der Waals surface area (Å²) in [6, 6.07) is 6.69. The van der Waals surface area contributed by atoms with Crippen molar-refractivity contribution in [2.75, 3.05) is 19.7 Å². The third kappa shape index (κ3) is 2.82. The number of ether oxygens (including phenoxy) is 1. The fourth-order valence-corrected chi connectivity index (χ4v) is 2.15. The molecule has 0 aliphatic carbocycles. The largest absolute Gasteiger partial charge is 0.483 e. The smallest absolute Gasteiger partial charge is 0.260 e. The van der Waals surface area contributed by atoms with Crippen molar-refractivity contribution in [3.63, 3.8) is 0 Å². The lowest BCUT2D eigenvalue weighted by atomic mass is 10.1. The van der Waals surface area contributed by atoms with Crippen molar-refractivity contribution >= 4 is 5.91 Å². The van der Waals surface area contributed by atoms with E-state index < -0.39 is 0 Å². The molecule has 2 rings (SSSR count). The van der Waals surface area contributed by atoms with Gasteiger partial charge >= 0.3 is 0 Å². The molecule has 0 aromatic heterocycles. The van der Waals surface area contributed by atoms with Crippen molar-refractivity contribution < 1.29 is 14.6 Å². The zero-order valence-electron chi connectivity index (χ0n) is 10.8. The van der Waals surface area contributed by atoms with E-state index in [0.29, 0.717) is 19.5 Å². The summed E-state index contributed by atoms with van der Waals surface area (Å²) in [6.45, 7) is 4.93. The van der Waals surface area contributed by atoms with Crippen molar-refractivity contribution in [1.29, 1.82) is 0 Å². The van der Waals surface area contributed by atoms with Crippen LogP contribution >= 0.6 is 0 Å². The summed E-state index contributed by atoms with van der Waals surface area (Å²) < 4.78 is 5.58. The molecular formula is C14H18NO3. The van der Waals surface area contributed by atoms with Gasteiger partial charge in [0.1, 0.15) is 5.75 Å². The maximum absolute atomic E-state index is 11.9. The van der Waals surface area contributed by atoms with E-state index in [4.69, 9.17) is 4.74 Å². The predicted octanol–water partition coefficient (Wildman–Crippen LogP) is 1.08. The number of nitrogens with zero attached hydrogens (tertiary/aromatic N) is 1. The van der Waals surface area contributed by atoms with Crippen molar-refractivity contribution in [3.05, 3.63) is 29.3 Å². The minimum atomic E-state index is -0.385. The molecule has 1 saturated heterocycles. The van der Waals surface area contributed by atoms with Crippen LogP contribution in [-0.4, -0.2) is 41.7 Å². The first kappa shape index (κ1) is 12.9. The van der Waals surface area contributed by atoms with Crippen LogP contribution in [0.15, 0.2) is 12.1 Å². The molecule has 0 saturated carbocycles. The highest BCUT2D eigenvalue weighted by atomic mass is 16.5. The molecule has 1 heterocycles. The molecular weight excluding hydrogens is 230 g/mol. The Bertz CT molecular complexity index is 424. The van der Waals surface area contributed by atoms with Crippen molar-refractivity contribution in [1.82, 2.24) is 4.90 Å². The van der Waals surface area contributed by atoms with E-state index in [9.17, 15) is 9.90 Å². The van der Waals surface area contributed by atoms with Crippen molar-refractivity contribution in [2.24, 2.45) is 0 Å². The molecule has 1 atom stereocenters. The highest BCUT2D eigenvalue weighted by Crippen LogP contribution is 2.22. The van der Waals surface area contributed by atoms with Gasteiger partial charge in [0.25, 0.3) is 5.91 Å². The van der Waals surface area contributed by atoms with Crippen LogP contribution in [-0.2, 0) is 4.79 Å². The van der Waals surface area contributed by atoms with Crippen LogP contribution in [0.4, 0.5) is 0 Å². The summed E-state index contributed by atoms with van der Waals surface area (Å²) in [4.78, 5) is 13.5. The molecule has 0 unspecified atom stereocenters. The molecule has 1 radical (unpaired) electrons. The van der Waals surface area contributed by atoms with Crippen LogP contribution in [0.25, 0.3) is 0 Å². The number of carbonyl (C=O) groups is 1. The van der Waals surface area contributed by atoms with E-state index in [1.165, 1.54) is 0 Å². The summed E-state index contributed by atoms with van der Waals surface area (Å²) >= 11 is 0. The Balaban J connectivity index is 1.93. The molecule has 1 fully saturated rings. The van der Waals surface area contributed by atoms with Gasteiger partial charge in [-0.05, 0) is 49.6 Å². The van der Waals surface area contributed by atoms with Gasteiger partial charge in [0, 0.05) is 13.1 Å². The Hall–Kier alpha value is -1.55. The SMILES string of the molecule is Cc1c[c]cc(C)c1OCC(=O)N1CC[C@H](O)C1. The Morgan fingerprint density at radius 3 is 2.72 bits per heavy atom. The molecule has 1 aromatic carbocycles. The topological polar surface area (TPSA) is 49.8 Å². The van der Waals surface area contributed by atoms with Crippen LogP contribution in [0.2, 0.25) is 0 Å². The highest BCUT2D eigenvalue weighted by molar-refractivity contribution is 5.78. The molecule has 97 valence electrons. The first-order valence-electron chi connectivity index (χ1n) is 6.14. The van der Waals surface area contributed by atoms with Crippen LogP contribution in [0.5, 0.6) is 5.75 Å². The Labute approximate surface area is 107 Å². The van der Waals surface area contributed by atoms with Gasteiger partial charge in [-0.2, -0.15) is 0 Å². The summed E-state index contributed by atoms with van der Waals surface area (Å²) in [6.07, 6.45) is 0.271. The first-order valence-corrected chi connectivity index (χ1v) is 6.14. The maximum Gasteiger partial charge on any atom is 0.260 e. The average molecular weight is 248 g/mol. The number of carbonyl (C=O) groups excluding carboxylic acids is 1. The normalized spacial score (nSPS) is 19.1. The molecule has 18 heavy (non-hydrogen) atoms. The number of amides is 1. The van der Waals surface area contributed by atoms with Gasteiger partial charge in [0.2, 0.25) is 0 Å². The van der Waals surface area contributed by atoms with Crippen LogP contribution in [0.3, 0.4) is 0 Å². The summed E-state index contributed by atoms with van der Waals surface area (Å²) in [5.74, 6) is 0.681. The molecule has 1 N–H and O–H groups in total. The highest BCUT2D eigenvalue weighted by Gasteiger charge is 2.24. The van der Waals surface area contributed by atoms with E-state index >= 15 is 0 Å². The number of hydrogen-bond donors (Lipinski definition) is 1. The zero-order valence-corrected chi connectivity index (χ0v) is 10.8. The minimum Gasteiger partial charge on any atom is -0.483 e. The summed E-state index contributed by atoms with van der Waals surface area (Å²) in [5.41, 5.74) is 1.95.